The molecule has 0 aliphatic rings. The number of hydrogen-bond donors (Lipinski definition) is 2. The first-order chi connectivity index (χ1) is 11.3. The molecule has 0 fully saturated rings. The van der Waals surface area contributed by atoms with Crippen LogP contribution in [0.3, 0.4) is 0 Å². The van der Waals surface area contributed by atoms with Crippen molar-refractivity contribution in [2.24, 2.45) is 5.92 Å². The van der Waals surface area contributed by atoms with Gasteiger partial charge in [0.15, 0.2) is 0 Å². The monoisotopic (exact) mass is 366 g/mol. The molecule has 2 aromatic carbocycles. The lowest BCUT2D eigenvalue weighted by Gasteiger charge is -2.10. The molecule has 0 bridgehead atoms. The number of benzene rings is 2. The number of hydrogen-bond acceptors (Lipinski definition) is 3. The van der Waals surface area contributed by atoms with Crippen molar-refractivity contribution in [1.29, 1.82) is 0 Å². The van der Waals surface area contributed by atoms with Crippen molar-refractivity contribution < 1.29 is 13.2 Å². The molecule has 0 saturated heterocycles. The summed E-state index contributed by atoms with van der Waals surface area (Å²) in [5.74, 6) is -0.111. The van der Waals surface area contributed by atoms with Gasteiger partial charge in [0.2, 0.25) is 10.0 Å². The molecule has 0 heterocycles. The third-order valence-corrected chi connectivity index (χ3v) is 4.90. The van der Waals surface area contributed by atoms with Crippen molar-refractivity contribution in [3.05, 3.63) is 59.1 Å². The summed E-state index contributed by atoms with van der Waals surface area (Å²) in [5, 5.41) is 3.30. The number of amides is 1. The van der Waals surface area contributed by atoms with E-state index in [1.54, 1.807) is 24.3 Å². The smallest absolute Gasteiger partial charge is 0.255 e. The van der Waals surface area contributed by atoms with Gasteiger partial charge in [0.05, 0.1) is 4.90 Å². The summed E-state index contributed by atoms with van der Waals surface area (Å²) >= 11 is 5.79. The molecule has 2 N–H and O–H groups in total. The Kier molecular flexibility index (Phi) is 5.99. The fourth-order valence-electron chi connectivity index (χ4n) is 1.88. The van der Waals surface area contributed by atoms with Gasteiger partial charge < -0.3 is 5.32 Å². The van der Waals surface area contributed by atoms with E-state index in [2.05, 4.69) is 10.0 Å². The Morgan fingerprint density at radius 2 is 1.62 bits per heavy atom. The summed E-state index contributed by atoms with van der Waals surface area (Å²) in [6, 6.07) is 12.5. The maximum Gasteiger partial charge on any atom is 0.255 e. The molecule has 24 heavy (non-hydrogen) atoms. The summed E-state index contributed by atoms with van der Waals surface area (Å²) in [7, 11) is -3.56. The van der Waals surface area contributed by atoms with Crippen LogP contribution >= 0.6 is 11.6 Å². The molecule has 0 radical (unpaired) electrons. The highest BCUT2D eigenvalue weighted by molar-refractivity contribution is 7.89. The number of nitrogens with one attached hydrogen (secondary N) is 2. The van der Waals surface area contributed by atoms with Crippen molar-refractivity contribution in [3.63, 3.8) is 0 Å². The topological polar surface area (TPSA) is 75.3 Å². The number of anilines is 1. The minimum absolute atomic E-state index is 0.131. The molecule has 2 aromatic rings. The molecule has 0 aliphatic carbocycles. The predicted octanol–water partition coefficient (Wildman–Crippen LogP) is 3.53. The van der Waals surface area contributed by atoms with Crippen LogP contribution < -0.4 is 10.0 Å². The van der Waals surface area contributed by atoms with E-state index in [0.717, 1.165) is 0 Å². The van der Waals surface area contributed by atoms with Crippen LogP contribution in [0.25, 0.3) is 0 Å². The van der Waals surface area contributed by atoms with E-state index in [-0.39, 0.29) is 16.7 Å². The first kappa shape index (κ1) is 18.4. The zero-order valence-electron chi connectivity index (χ0n) is 13.4. The van der Waals surface area contributed by atoms with Gasteiger partial charge in [-0.1, -0.05) is 25.4 Å². The average Bonchev–Trinajstić information content (AvgIpc) is 2.55. The van der Waals surface area contributed by atoms with Crippen LogP contribution in [0.15, 0.2) is 53.4 Å². The Bertz CT molecular complexity index is 801. The van der Waals surface area contributed by atoms with Crippen LogP contribution in [0.4, 0.5) is 5.69 Å². The van der Waals surface area contributed by atoms with E-state index in [4.69, 9.17) is 11.6 Å². The number of sulfonamides is 1. The quantitative estimate of drug-likeness (QED) is 0.821. The maximum absolute atomic E-state index is 12.2. The van der Waals surface area contributed by atoms with E-state index in [9.17, 15) is 13.2 Å². The van der Waals surface area contributed by atoms with Crippen LogP contribution in [-0.4, -0.2) is 20.9 Å². The molecular weight excluding hydrogens is 348 g/mol. The van der Waals surface area contributed by atoms with Crippen molar-refractivity contribution in [1.82, 2.24) is 4.72 Å². The van der Waals surface area contributed by atoms with E-state index in [1.807, 2.05) is 13.8 Å². The molecule has 0 saturated carbocycles. The number of rotatable bonds is 6. The normalized spacial score (nSPS) is 11.5. The minimum Gasteiger partial charge on any atom is -0.322 e. The first-order valence-corrected chi connectivity index (χ1v) is 9.31. The lowest BCUT2D eigenvalue weighted by atomic mass is 10.2. The summed E-state index contributed by atoms with van der Waals surface area (Å²) in [6.07, 6.45) is 0. The number of carbonyl (C=O) groups is 1. The predicted molar refractivity (Wildman–Crippen MR) is 95.9 cm³/mol. The van der Waals surface area contributed by atoms with E-state index in [0.29, 0.717) is 22.8 Å². The van der Waals surface area contributed by atoms with Crippen LogP contribution in [0.2, 0.25) is 5.02 Å². The second-order valence-electron chi connectivity index (χ2n) is 5.73. The molecule has 0 atom stereocenters. The van der Waals surface area contributed by atoms with E-state index in [1.165, 1.54) is 24.3 Å². The highest BCUT2D eigenvalue weighted by Gasteiger charge is 2.15. The Hall–Kier alpha value is -1.89. The Labute approximate surface area is 147 Å². The number of carbonyl (C=O) groups excluding carboxylic acids is 1. The fourth-order valence-corrected chi connectivity index (χ4v) is 3.22. The van der Waals surface area contributed by atoms with Crippen molar-refractivity contribution in [3.8, 4) is 0 Å². The fraction of sp³-hybridized carbons (Fsp3) is 0.235. The molecule has 0 aliphatic heterocycles. The second kappa shape index (κ2) is 7.79. The molecule has 2 rings (SSSR count). The molecular formula is C17H19ClN2O3S. The standard InChI is InChI=1S/C17H19ClN2O3S/c1-12(2)11-19-24(22,23)16-9-3-13(4-10-16)17(21)20-15-7-5-14(18)6-8-15/h3-10,12,19H,11H2,1-2H3,(H,20,21). The highest BCUT2D eigenvalue weighted by atomic mass is 35.5. The Balaban J connectivity index is 2.08. The van der Waals surface area contributed by atoms with E-state index < -0.39 is 10.0 Å². The van der Waals surface area contributed by atoms with Gasteiger partial charge in [0.1, 0.15) is 0 Å². The molecule has 0 aromatic heterocycles. The van der Waals surface area contributed by atoms with Crippen LogP contribution in [0.5, 0.6) is 0 Å². The SMILES string of the molecule is CC(C)CNS(=O)(=O)c1ccc(C(=O)Nc2ccc(Cl)cc2)cc1. The van der Waals surface area contributed by atoms with Crippen LogP contribution in [0.1, 0.15) is 24.2 Å². The first-order valence-electron chi connectivity index (χ1n) is 7.44. The zero-order valence-corrected chi connectivity index (χ0v) is 15.0. The van der Waals surface area contributed by atoms with Crippen molar-refractivity contribution >= 4 is 33.2 Å². The Morgan fingerprint density at radius 1 is 1.04 bits per heavy atom. The lowest BCUT2D eigenvalue weighted by molar-refractivity contribution is 0.102. The van der Waals surface area contributed by atoms with Gasteiger partial charge in [-0.2, -0.15) is 0 Å². The van der Waals surface area contributed by atoms with Crippen LogP contribution in [-0.2, 0) is 10.0 Å². The van der Waals surface area contributed by atoms with Crippen molar-refractivity contribution in [2.75, 3.05) is 11.9 Å². The van der Waals surface area contributed by atoms with Gasteiger partial charge in [0, 0.05) is 22.8 Å². The van der Waals surface area contributed by atoms with Gasteiger partial charge in [-0.15, -0.1) is 0 Å². The summed E-state index contributed by atoms with van der Waals surface area (Å²) < 4.78 is 26.8. The van der Waals surface area contributed by atoms with E-state index >= 15 is 0 Å². The van der Waals surface area contributed by atoms with Gasteiger partial charge >= 0.3 is 0 Å². The summed E-state index contributed by atoms with van der Waals surface area (Å²) in [6.45, 7) is 4.21. The maximum atomic E-state index is 12.2. The Morgan fingerprint density at radius 3 is 2.17 bits per heavy atom. The van der Waals surface area contributed by atoms with Gasteiger partial charge in [0.25, 0.3) is 5.91 Å². The van der Waals surface area contributed by atoms with Gasteiger partial charge in [-0.05, 0) is 54.4 Å². The molecule has 5 nitrogen and oxygen atoms in total. The van der Waals surface area contributed by atoms with Crippen molar-refractivity contribution in [2.45, 2.75) is 18.7 Å². The molecule has 0 spiro atoms. The minimum atomic E-state index is -3.56. The molecule has 1 amide bonds. The lowest BCUT2D eigenvalue weighted by Crippen LogP contribution is -2.27. The molecule has 0 unspecified atom stereocenters. The third-order valence-electron chi connectivity index (χ3n) is 3.21. The largest absolute Gasteiger partial charge is 0.322 e. The van der Waals surface area contributed by atoms with Gasteiger partial charge in [-0.25, -0.2) is 13.1 Å². The second-order valence-corrected chi connectivity index (χ2v) is 7.93. The zero-order chi connectivity index (χ0) is 17.7. The van der Waals surface area contributed by atoms with Gasteiger partial charge in [-0.3, -0.25) is 4.79 Å². The third kappa shape index (κ3) is 5.06. The molecule has 128 valence electrons. The highest BCUT2D eigenvalue weighted by Crippen LogP contribution is 2.16. The number of halogens is 1. The summed E-state index contributed by atoms with van der Waals surface area (Å²) in [4.78, 5) is 12.3. The summed E-state index contributed by atoms with van der Waals surface area (Å²) in [5.41, 5.74) is 0.979. The van der Waals surface area contributed by atoms with Crippen LogP contribution in [0, 0.1) is 5.92 Å². The molecule has 7 heteroatoms. The average molecular weight is 367 g/mol.